The van der Waals surface area contributed by atoms with Crippen LogP contribution in [-0.4, -0.2) is 35.6 Å². The highest BCUT2D eigenvalue weighted by Crippen LogP contribution is 2.23. The fraction of sp³-hybridized carbons (Fsp3) is 0.364. The number of hydrogen-bond donors (Lipinski definition) is 2. The van der Waals surface area contributed by atoms with Gasteiger partial charge >= 0.3 is 0 Å². The first-order chi connectivity index (χ1) is 7.61. The van der Waals surface area contributed by atoms with Gasteiger partial charge in [0.15, 0.2) is 0 Å². The molecule has 0 saturated heterocycles. The van der Waals surface area contributed by atoms with Crippen LogP contribution in [-0.2, 0) is 0 Å². The second kappa shape index (κ2) is 5.72. The maximum Gasteiger partial charge on any atom is 0.257 e. The monoisotopic (exact) mass is 242 g/mol. The molecule has 1 amide bonds. The molecule has 0 spiro atoms. The Hall–Kier alpha value is -1.26. The van der Waals surface area contributed by atoms with Crippen molar-refractivity contribution in [2.45, 2.75) is 6.92 Å². The third kappa shape index (κ3) is 2.65. The average Bonchev–Trinajstić information content (AvgIpc) is 2.25. The van der Waals surface area contributed by atoms with E-state index in [1.165, 1.54) is 4.90 Å². The molecular weight excluding hydrogens is 228 g/mol. The summed E-state index contributed by atoms with van der Waals surface area (Å²) in [6.07, 6.45) is 0. The minimum atomic E-state index is -0.250. The first-order valence-corrected chi connectivity index (χ1v) is 5.43. The second-order valence-corrected chi connectivity index (χ2v) is 3.72. The zero-order chi connectivity index (χ0) is 12.1. The van der Waals surface area contributed by atoms with E-state index in [1.54, 1.807) is 18.2 Å². The van der Waals surface area contributed by atoms with Crippen molar-refractivity contribution in [3.63, 3.8) is 0 Å². The Kier molecular flexibility index (Phi) is 4.58. The van der Waals surface area contributed by atoms with Gasteiger partial charge in [0.2, 0.25) is 0 Å². The zero-order valence-electron chi connectivity index (χ0n) is 9.11. The number of halogens is 1. The van der Waals surface area contributed by atoms with E-state index < -0.39 is 0 Å². The summed E-state index contributed by atoms with van der Waals surface area (Å²) in [5.74, 6) is -0.250. The molecule has 3 N–H and O–H groups in total. The fourth-order valence-electron chi connectivity index (χ4n) is 1.45. The number of amides is 1. The van der Waals surface area contributed by atoms with Crippen LogP contribution in [0.1, 0.15) is 17.3 Å². The number of hydrogen-bond acceptors (Lipinski definition) is 3. The van der Waals surface area contributed by atoms with Crippen molar-refractivity contribution >= 4 is 23.2 Å². The predicted octanol–water partition coefficient (Wildman–Crippen LogP) is 1.38. The highest BCUT2D eigenvalue weighted by Gasteiger charge is 2.18. The van der Waals surface area contributed by atoms with E-state index in [-0.39, 0.29) is 19.1 Å². The van der Waals surface area contributed by atoms with Crippen LogP contribution in [0.25, 0.3) is 0 Å². The first kappa shape index (κ1) is 12.8. The van der Waals surface area contributed by atoms with Gasteiger partial charge < -0.3 is 15.7 Å². The van der Waals surface area contributed by atoms with Crippen molar-refractivity contribution in [1.29, 1.82) is 0 Å². The molecule has 4 nitrogen and oxygen atoms in total. The summed E-state index contributed by atoms with van der Waals surface area (Å²) in [6, 6.07) is 4.95. The van der Waals surface area contributed by atoms with Gasteiger partial charge in [-0.25, -0.2) is 0 Å². The zero-order valence-corrected chi connectivity index (χ0v) is 9.87. The van der Waals surface area contributed by atoms with Crippen molar-refractivity contribution in [2.24, 2.45) is 0 Å². The van der Waals surface area contributed by atoms with E-state index in [9.17, 15) is 4.79 Å². The SMILES string of the molecule is CCN(CCO)C(=O)c1c(N)cccc1Cl. The van der Waals surface area contributed by atoms with Crippen molar-refractivity contribution in [3.05, 3.63) is 28.8 Å². The van der Waals surface area contributed by atoms with Gasteiger partial charge in [-0.05, 0) is 19.1 Å². The summed E-state index contributed by atoms with van der Waals surface area (Å²) < 4.78 is 0. The second-order valence-electron chi connectivity index (χ2n) is 3.31. The number of rotatable bonds is 4. The molecule has 0 aromatic heterocycles. The highest BCUT2D eigenvalue weighted by molar-refractivity contribution is 6.34. The number of aliphatic hydroxyl groups is 1. The van der Waals surface area contributed by atoms with Gasteiger partial charge in [-0.3, -0.25) is 4.79 Å². The maximum absolute atomic E-state index is 12.1. The number of benzene rings is 1. The lowest BCUT2D eigenvalue weighted by molar-refractivity contribution is 0.0733. The van der Waals surface area contributed by atoms with Crippen LogP contribution in [0.5, 0.6) is 0 Å². The lowest BCUT2D eigenvalue weighted by Crippen LogP contribution is -2.34. The summed E-state index contributed by atoms with van der Waals surface area (Å²) >= 11 is 5.94. The van der Waals surface area contributed by atoms with Gasteiger partial charge in [0, 0.05) is 18.8 Å². The van der Waals surface area contributed by atoms with Crippen LogP contribution in [0.3, 0.4) is 0 Å². The molecule has 1 aromatic rings. The Balaban J connectivity index is 3.03. The van der Waals surface area contributed by atoms with Crippen LogP contribution in [0.15, 0.2) is 18.2 Å². The molecule has 0 unspecified atom stereocenters. The first-order valence-electron chi connectivity index (χ1n) is 5.06. The third-order valence-electron chi connectivity index (χ3n) is 2.30. The molecule has 0 aliphatic carbocycles. The quantitative estimate of drug-likeness (QED) is 0.784. The number of aliphatic hydroxyl groups excluding tert-OH is 1. The minimum absolute atomic E-state index is 0.0794. The fourth-order valence-corrected chi connectivity index (χ4v) is 1.71. The number of nitrogen functional groups attached to an aromatic ring is 1. The van der Waals surface area contributed by atoms with Crippen LogP contribution in [0.2, 0.25) is 5.02 Å². The standard InChI is InChI=1S/C11H15ClN2O2/c1-2-14(6-7-15)11(16)10-8(12)4-3-5-9(10)13/h3-5,15H,2,6-7,13H2,1H3. The van der Waals surface area contributed by atoms with Crippen LogP contribution < -0.4 is 5.73 Å². The molecule has 5 heteroatoms. The van der Waals surface area contributed by atoms with E-state index >= 15 is 0 Å². The van der Waals surface area contributed by atoms with E-state index in [2.05, 4.69) is 0 Å². The molecule has 0 bridgehead atoms. The van der Waals surface area contributed by atoms with Crippen LogP contribution >= 0.6 is 11.6 Å². The van der Waals surface area contributed by atoms with Gasteiger partial charge in [-0.15, -0.1) is 0 Å². The molecule has 1 rings (SSSR count). The molecule has 0 fully saturated rings. The normalized spacial score (nSPS) is 10.2. The Morgan fingerprint density at radius 2 is 2.25 bits per heavy atom. The smallest absolute Gasteiger partial charge is 0.257 e. The molecule has 0 aliphatic heterocycles. The lowest BCUT2D eigenvalue weighted by atomic mass is 10.1. The van der Waals surface area contributed by atoms with Gasteiger partial charge in [-0.2, -0.15) is 0 Å². The van der Waals surface area contributed by atoms with Crippen molar-refractivity contribution in [1.82, 2.24) is 4.90 Å². The van der Waals surface area contributed by atoms with E-state index in [0.29, 0.717) is 22.8 Å². The third-order valence-corrected chi connectivity index (χ3v) is 2.61. The van der Waals surface area contributed by atoms with Crippen molar-refractivity contribution < 1.29 is 9.90 Å². The topological polar surface area (TPSA) is 66.6 Å². The molecule has 0 radical (unpaired) electrons. The highest BCUT2D eigenvalue weighted by atomic mass is 35.5. The maximum atomic E-state index is 12.1. The summed E-state index contributed by atoms with van der Waals surface area (Å²) in [5, 5.41) is 9.18. The van der Waals surface area contributed by atoms with Crippen molar-refractivity contribution in [3.8, 4) is 0 Å². The van der Waals surface area contributed by atoms with Gasteiger partial charge in [0.05, 0.1) is 17.2 Å². The summed E-state index contributed by atoms with van der Waals surface area (Å²) in [6.45, 7) is 2.54. The molecule has 0 saturated carbocycles. The van der Waals surface area contributed by atoms with Crippen LogP contribution in [0.4, 0.5) is 5.69 Å². The largest absolute Gasteiger partial charge is 0.398 e. The summed E-state index contributed by atoms with van der Waals surface area (Å²) in [4.78, 5) is 13.6. The number of nitrogens with zero attached hydrogens (tertiary/aromatic N) is 1. The molecule has 0 heterocycles. The molecule has 88 valence electrons. The van der Waals surface area contributed by atoms with E-state index in [1.807, 2.05) is 6.92 Å². The van der Waals surface area contributed by atoms with Crippen molar-refractivity contribution in [2.75, 3.05) is 25.4 Å². The van der Waals surface area contributed by atoms with E-state index in [4.69, 9.17) is 22.4 Å². The number of carbonyl (C=O) groups excluding carboxylic acids is 1. The number of likely N-dealkylation sites (N-methyl/N-ethyl adjacent to an activating group) is 1. The molecule has 0 atom stereocenters. The number of carbonyl (C=O) groups is 1. The Morgan fingerprint density at radius 3 is 2.75 bits per heavy atom. The number of anilines is 1. The average molecular weight is 243 g/mol. The molecule has 1 aromatic carbocycles. The summed E-state index contributed by atoms with van der Waals surface area (Å²) in [5.41, 5.74) is 6.38. The molecule has 16 heavy (non-hydrogen) atoms. The van der Waals surface area contributed by atoms with Gasteiger partial charge in [-0.1, -0.05) is 17.7 Å². The summed E-state index contributed by atoms with van der Waals surface area (Å²) in [7, 11) is 0. The van der Waals surface area contributed by atoms with Gasteiger partial charge in [0.1, 0.15) is 0 Å². The number of nitrogens with two attached hydrogens (primary N) is 1. The Morgan fingerprint density at radius 1 is 1.56 bits per heavy atom. The Bertz CT molecular complexity index is 362. The van der Waals surface area contributed by atoms with Gasteiger partial charge in [0.25, 0.3) is 5.91 Å². The molecule has 0 aliphatic rings. The molecular formula is C11H15ClN2O2. The van der Waals surface area contributed by atoms with E-state index in [0.717, 1.165) is 0 Å². The Labute approximate surface area is 99.6 Å². The van der Waals surface area contributed by atoms with Crippen LogP contribution in [0, 0.1) is 0 Å². The lowest BCUT2D eigenvalue weighted by Gasteiger charge is -2.21. The minimum Gasteiger partial charge on any atom is -0.398 e. The predicted molar refractivity (Wildman–Crippen MR) is 64.5 cm³/mol.